The molecule has 0 amide bonds. The van der Waals surface area contributed by atoms with Gasteiger partial charge >= 0.3 is 1.43 Å². The van der Waals surface area contributed by atoms with E-state index in [9.17, 15) is 0 Å². The number of aromatic nitrogens is 2. The summed E-state index contributed by atoms with van der Waals surface area (Å²) in [7, 11) is -1.24. The van der Waals surface area contributed by atoms with Crippen LogP contribution < -0.4 is 4.43 Å². The van der Waals surface area contributed by atoms with E-state index >= 15 is 0 Å². The Balaban J connectivity index is 0.00000243. The lowest BCUT2D eigenvalue weighted by Crippen LogP contribution is -2.12. The van der Waals surface area contributed by atoms with E-state index in [1.807, 2.05) is 55.5 Å². The van der Waals surface area contributed by atoms with Crippen LogP contribution in [0.15, 0.2) is 72.1 Å². The van der Waals surface area contributed by atoms with Gasteiger partial charge < -0.3 is 4.43 Å². The van der Waals surface area contributed by atoms with Crippen molar-refractivity contribution in [1.82, 2.24) is 9.97 Å². The number of aryl methyl sites for hydroxylation is 1. The molecule has 0 saturated heterocycles. The van der Waals surface area contributed by atoms with Crippen LogP contribution >= 0.6 is 0 Å². The highest BCUT2D eigenvalue weighted by Gasteiger charge is 2.13. The first-order valence-corrected chi connectivity index (χ1v) is 11.1. The van der Waals surface area contributed by atoms with Crippen LogP contribution in [0, 0.1) is 6.92 Å². The summed E-state index contributed by atoms with van der Waals surface area (Å²) in [4.78, 5) is 13.6. The third-order valence-corrected chi connectivity index (χ3v) is 4.37. The van der Waals surface area contributed by atoms with E-state index in [1.165, 1.54) is 0 Å². The predicted octanol–water partition coefficient (Wildman–Crippen LogP) is 4.43. The Bertz CT molecular complexity index is 829. The lowest BCUT2D eigenvalue weighted by molar-refractivity contribution is 0.581. The first kappa shape index (κ1) is 17.0. The zero-order valence-corrected chi connectivity index (χ0v) is 15.8. The molecule has 0 spiro atoms. The van der Waals surface area contributed by atoms with Crippen LogP contribution in [0.4, 0.5) is 5.69 Å². The second-order valence-corrected chi connectivity index (χ2v) is 8.34. The second kappa shape index (κ2) is 7.85. The molecule has 0 saturated carbocycles. The first-order chi connectivity index (χ1) is 12.1. The largest absolute Gasteiger partial charge is 1.00 e. The van der Waals surface area contributed by atoms with Crippen molar-refractivity contribution in [2.45, 2.75) is 20.0 Å². The molecular formula is C20H22N3OSi+. The van der Waals surface area contributed by atoms with E-state index in [0.29, 0.717) is 0 Å². The summed E-state index contributed by atoms with van der Waals surface area (Å²) in [6.45, 7) is 6.35. The maximum atomic E-state index is 6.09. The normalized spacial score (nSPS) is 11.6. The summed E-state index contributed by atoms with van der Waals surface area (Å²) in [5.74, 6) is 0.832. The van der Waals surface area contributed by atoms with E-state index in [-0.39, 0.29) is 1.43 Å². The summed E-state index contributed by atoms with van der Waals surface area (Å²) in [5.41, 5.74) is 4.46. The second-order valence-electron chi connectivity index (χ2n) is 6.01. The molecule has 0 atom stereocenters. The molecule has 3 aromatic rings. The quantitative estimate of drug-likeness (QED) is 0.506. The first-order valence-electron chi connectivity index (χ1n) is 8.32. The molecule has 0 aliphatic heterocycles. The minimum Gasteiger partial charge on any atom is -0.546 e. The Morgan fingerprint density at radius 3 is 2.52 bits per heavy atom. The SMILES string of the molecule is Cc1cccc(O[SiH](C)C)c1N=C(c1ccccc1)c1cnccn1.[H+]. The van der Waals surface area contributed by atoms with E-state index in [2.05, 4.69) is 23.1 Å². The average molecular weight is 349 g/mol. The molecule has 0 radical (unpaired) electrons. The van der Waals surface area contributed by atoms with Crippen molar-refractivity contribution < 1.29 is 5.85 Å². The molecule has 5 heteroatoms. The maximum Gasteiger partial charge on any atom is 1.00 e. The summed E-state index contributed by atoms with van der Waals surface area (Å²) in [6.07, 6.45) is 5.09. The van der Waals surface area contributed by atoms with Crippen molar-refractivity contribution in [3.63, 3.8) is 0 Å². The zero-order chi connectivity index (χ0) is 17.6. The Morgan fingerprint density at radius 1 is 1.04 bits per heavy atom. The van der Waals surface area contributed by atoms with Gasteiger partial charge in [-0.1, -0.05) is 42.5 Å². The molecule has 0 aliphatic rings. The van der Waals surface area contributed by atoms with Crippen molar-refractivity contribution in [1.29, 1.82) is 0 Å². The summed E-state index contributed by atoms with van der Waals surface area (Å²) >= 11 is 0. The van der Waals surface area contributed by atoms with Gasteiger partial charge in [0.2, 0.25) is 9.04 Å². The van der Waals surface area contributed by atoms with Crippen LogP contribution in [-0.2, 0) is 0 Å². The fourth-order valence-corrected chi connectivity index (χ4v) is 3.22. The monoisotopic (exact) mass is 348 g/mol. The van der Waals surface area contributed by atoms with Gasteiger partial charge in [0.25, 0.3) is 0 Å². The molecule has 126 valence electrons. The van der Waals surface area contributed by atoms with Crippen LogP contribution in [0.1, 0.15) is 18.2 Å². The molecule has 3 rings (SSSR count). The molecule has 2 aromatic carbocycles. The van der Waals surface area contributed by atoms with Crippen LogP contribution in [0.3, 0.4) is 0 Å². The Morgan fingerprint density at radius 2 is 1.84 bits per heavy atom. The summed E-state index contributed by atoms with van der Waals surface area (Å²) in [6, 6.07) is 16.1. The van der Waals surface area contributed by atoms with Crippen molar-refractivity contribution in [3.05, 3.63) is 83.9 Å². The van der Waals surface area contributed by atoms with Gasteiger partial charge in [-0.15, -0.1) is 0 Å². The zero-order valence-electron chi connectivity index (χ0n) is 15.7. The van der Waals surface area contributed by atoms with Crippen LogP contribution in [0.25, 0.3) is 0 Å². The fraction of sp³-hybridized carbons (Fsp3) is 0.150. The van der Waals surface area contributed by atoms with E-state index in [1.54, 1.807) is 18.6 Å². The Hall–Kier alpha value is -2.79. The smallest absolute Gasteiger partial charge is 0.546 e. The highest BCUT2D eigenvalue weighted by atomic mass is 28.3. The lowest BCUT2D eigenvalue weighted by Gasteiger charge is -2.15. The molecular weight excluding hydrogens is 326 g/mol. The molecule has 0 aliphatic carbocycles. The third kappa shape index (κ3) is 4.19. The number of aliphatic imine (C=N–C) groups is 1. The molecule has 1 heterocycles. The molecule has 25 heavy (non-hydrogen) atoms. The molecule has 0 fully saturated rings. The standard InChI is InChI=1S/C20H21N3OSi/c1-15-8-7-11-18(24-25(2)3)19(15)23-20(16-9-5-4-6-10-16)17-14-21-12-13-22-17/h4-14,25H,1-3H3/p+1. The van der Waals surface area contributed by atoms with Crippen LogP contribution in [-0.4, -0.2) is 24.7 Å². The molecule has 0 N–H and O–H groups in total. The van der Waals surface area contributed by atoms with Crippen LogP contribution in [0.5, 0.6) is 5.75 Å². The summed E-state index contributed by atoms with van der Waals surface area (Å²) < 4.78 is 6.09. The van der Waals surface area contributed by atoms with E-state index in [4.69, 9.17) is 9.42 Å². The molecule has 1 aromatic heterocycles. The van der Waals surface area contributed by atoms with Gasteiger partial charge in [0.05, 0.1) is 11.9 Å². The van der Waals surface area contributed by atoms with Gasteiger partial charge in [-0.3, -0.25) is 9.97 Å². The van der Waals surface area contributed by atoms with E-state index < -0.39 is 9.04 Å². The molecule has 0 bridgehead atoms. The van der Waals surface area contributed by atoms with Gasteiger partial charge in [-0.25, -0.2) is 4.99 Å². The number of benzene rings is 2. The molecule has 4 nitrogen and oxygen atoms in total. The summed E-state index contributed by atoms with van der Waals surface area (Å²) in [5, 5.41) is 0. The lowest BCUT2D eigenvalue weighted by atomic mass is 10.1. The minimum absolute atomic E-state index is 0. The van der Waals surface area contributed by atoms with Gasteiger partial charge in [-0.2, -0.15) is 0 Å². The molecule has 0 unspecified atom stereocenters. The van der Waals surface area contributed by atoms with Gasteiger partial charge in [0.15, 0.2) is 0 Å². The van der Waals surface area contributed by atoms with Crippen molar-refractivity contribution >= 4 is 20.4 Å². The van der Waals surface area contributed by atoms with E-state index in [0.717, 1.165) is 34.0 Å². The topological polar surface area (TPSA) is 47.4 Å². The highest BCUT2D eigenvalue weighted by Crippen LogP contribution is 2.32. The minimum atomic E-state index is -1.24. The highest BCUT2D eigenvalue weighted by molar-refractivity contribution is 6.49. The number of rotatable bonds is 5. The number of hydrogen-bond donors (Lipinski definition) is 0. The van der Waals surface area contributed by atoms with Gasteiger partial charge in [0, 0.05) is 18.0 Å². The maximum absolute atomic E-state index is 6.09. The van der Waals surface area contributed by atoms with Gasteiger partial charge in [-0.05, 0) is 31.6 Å². The Labute approximate surface area is 151 Å². The van der Waals surface area contributed by atoms with Crippen molar-refractivity contribution in [3.8, 4) is 5.75 Å². The number of hydrogen-bond acceptors (Lipinski definition) is 4. The fourth-order valence-electron chi connectivity index (χ4n) is 2.52. The van der Waals surface area contributed by atoms with Crippen molar-refractivity contribution in [2.24, 2.45) is 4.99 Å². The van der Waals surface area contributed by atoms with Gasteiger partial charge in [0.1, 0.15) is 17.1 Å². The number of nitrogens with zero attached hydrogens (tertiary/aromatic N) is 3. The van der Waals surface area contributed by atoms with Crippen molar-refractivity contribution in [2.75, 3.05) is 0 Å². The number of para-hydroxylation sites is 1. The third-order valence-electron chi connectivity index (χ3n) is 3.64. The van der Waals surface area contributed by atoms with Crippen LogP contribution in [0.2, 0.25) is 13.1 Å². The average Bonchev–Trinajstić information content (AvgIpc) is 2.62. The predicted molar refractivity (Wildman–Crippen MR) is 106 cm³/mol. The Kier molecular flexibility index (Phi) is 5.35.